The van der Waals surface area contributed by atoms with E-state index in [1.807, 2.05) is 31.2 Å². The van der Waals surface area contributed by atoms with Gasteiger partial charge in [0.05, 0.1) is 3.79 Å². The van der Waals surface area contributed by atoms with E-state index in [9.17, 15) is 0 Å². The van der Waals surface area contributed by atoms with Crippen LogP contribution in [0.1, 0.15) is 23.4 Å². The molecule has 96 valence electrons. The molecule has 0 saturated carbocycles. The topological polar surface area (TPSA) is 35.2 Å². The SMILES string of the molecule is C[C@H](N)c1ccc(Br)cc1OCc1ccc(Br)s1. The maximum atomic E-state index is 5.94. The molecule has 1 aromatic carbocycles. The Bertz CT molecular complexity index is 540. The van der Waals surface area contributed by atoms with E-state index < -0.39 is 0 Å². The fourth-order valence-electron chi connectivity index (χ4n) is 1.59. The molecule has 1 heterocycles. The Morgan fingerprint density at radius 3 is 2.67 bits per heavy atom. The van der Waals surface area contributed by atoms with Gasteiger partial charge in [0.2, 0.25) is 0 Å². The Kier molecular flexibility index (Phi) is 4.84. The fraction of sp³-hybridized carbons (Fsp3) is 0.231. The molecule has 2 N–H and O–H groups in total. The second kappa shape index (κ2) is 6.19. The zero-order valence-corrected chi connectivity index (χ0v) is 13.8. The highest BCUT2D eigenvalue weighted by molar-refractivity contribution is 9.11. The number of benzene rings is 1. The van der Waals surface area contributed by atoms with Gasteiger partial charge in [0, 0.05) is 21.0 Å². The Hall–Kier alpha value is -0.360. The van der Waals surface area contributed by atoms with E-state index in [1.54, 1.807) is 11.3 Å². The van der Waals surface area contributed by atoms with Crippen LogP contribution in [0.4, 0.5) is 0 Å². The molecule has 0 spiro atoms. The van der Waals surface area contributed by atoms with Gasteiger partial charge in [-0.2, -0.15) is 0 Å². The first-order valence-electron chi connectivity index (χ1n) is 5.48. The van der Waals surface area contributed by atoms with Crippen LogP contribution in [-0.2, 0) is 6.61 Å². The van der Waals surface area contributed by atoms with Crippen LogP contribution in [0.25, 0.3) is 0 Å². The number of rotatable bonds is 4. The van der Waals surface area contributed by atoms with Crippen molar-refractivity contribution in [1.29, 1.82) is 0 Å². The summed E-state index contributed by atoms with van der Waals surface area (Å²) >= 11 is 8.57. The zero-order valence-electron chi connectivity index (χ0n) is 9.82. The Morgan fingerprint density at radius 1 is 1.28 bits per heavy atom. The Balaban J connectivity index is 2.15. The number of hydrogen-bond donors (Lipinski definition) is 1. The molecule has 0 saturated heterocycles. The number of halogens is 2. The number of ether oxygens (including phenoxy) is 1. The van der Waals surface area contributed by atoms with E-state index in [-0.39, 0.29) is 6.04 Å². The van der Waals surface area contributed by atoms with Crippen LogP contribution in [0, 0.1) is 0 Å². The van der Waals surface area contributed by atoms with E-state index in [0.717, 1.165) is 19.6 Å². The molecule has 0 aliphatic heterocycles. The molecule has 1 aromatic heterocycles. The lowest BCUT2D eigenvalue weighted by Crippen LogP contribution is -2.07. The number of thiophene rings is 1. The van der Waals surface area contributed by atoms with Gasteiger partial charge in [-0.3, -0.25) is 0 Å². The summed E-state index contributed by atoms with van der Waals surface area (Å²) in [4.78, 5) is 1.18. The third kappa shape index (κ3) is 3.57. The monoisotopic (exact) mass is 389 g/mol. The van der Waals surface area contributed by atoms with Gasteiger partial charge in [0.15, 0.2) is 0 Å². The van der Waals surface area contributed by atoms with Crippen molar-refractivity contribution in [2.24, 2.45) is 5.73 Å². The van der Waals surface area contributed by atoms with Gasteiger partial charge in [-0.1, -0.05) is 22.0 Å². The highest BCUT2D eigenvalue weighted by atomic mass is 79.9. The molecule has 0 aliphatic carbocycles. The predicted molar refractivity (Wildman–Crippen MR) is 83.1 cm³/mol. The molecule has 0 bridgehead atoms. The maximum Gasteiger partial charge on any atom is 0.125 e. The Morgan fingerprint density at radius 2 is 2.06 bits per heavy atom. The van der Waals surface area contributed by atoms with E-state index in [2.05, 4.69) is 37.9 Å². The minimum absolute atomic E-state index is 0.0387. The van der Waals surface area contributed by atoms with Gasteiger partial charge >= 0.3 is 0 Å². The summed E-state index contributed by atoms with van der Waals surface area (Å²) in [6, 6.07) is 9.97. The summed E-state index contributed by atoms with van der Waals surface area (Å²) in [5, 5.41) is 0. The molecule has 0 aliphatic rings. The van der Waals surface area contributed by atoms with Crippen molar-refractivity contribution in [2.75, 3.05) is 0 Å². The van der Waals surface area contributed by atoms with Gasteiger partial charge in [-0.15, -0.1) is 11.3 Å². The van der Waals surface area contributed by atoms with Crippen LogP contribution in [0.15, 0.2) is 38.6 Å². The molecule has 2 aromatic rings. The van der Waals surface area contributed by atoms with Crippen molar-refractivity contribution in [3.8, 4) is 5.75 Å². The van der Waals surface area contributed by atoms with Gasteiger partial charge in [-0.05, 0) is 47.1 Å². The first-order valence-corrected chi connectivity index (χ1v) is 7.88. The molecule has 0 unspecified atom stereocenters. The first-order chi connectivity index (χ1) is 8.56. The molecular formula is C13H13Br2NOS. The second-order valence-electron chi connectivity index (χ2n) is 3.97. The van der Waals surface area contributed by atoms with Crippen molar-refractivity contribution in [3.05, 3.63) is 49.0 Å². The lowest BCUT2D eigenvalue weighted by molar-refractivity contribution is 0.305. The van der Waals surface area contributed by atoms with Crippen molar-refractivity contribution >= 4 is 43.2 Å². The minimum atomic E-state index is -0.0387. The summed E-state index contributed by atoms with van der Waals surface area (Å²) in [5.74, 6) is 0.837. The molecule has 18 heavy (non-hydrogen) atoms. The van der Waals surface area contributed by atoms with Crippen molar-refractivity contribution in [1.82, 2.24) is 0 Å². The Labute approximate surface area is 127 Å². The van der Waals surface area contributed by atoms with E-state index in [4.69, 9.17) is 10.5 Å². The molecule has 0 fully saturated rings. The van der Waals surface area contributed by atoms with Crippen LogP contribution in [0.3, 0.4) is 0 Å². The number of hydrogen-bond acceptors (Lipinski definition) is 3. The summed E-state index contributed by atoms with van der Waals surface area (Å²) in [6.07, 6.45) is 0. The average molecular weight is 391 g/mol. The summed E-state index contributed by atoms with van der Waals surface area (Å²) in [7, 11) is 0. The predicted octanol–water partition coefficient (Wildman–Crippen LogP) is 4.87. The third-order valence-corrected chi connectivity index (χ3v) is 4.56. The molecule has 0 amide bonds. The molecule has 2 rings (SSSR count). The van der Waals surface area contributed by atoms with Crippen LogP contribution in [0.5, 0.6) is 5.75 Å². The van der Waals surface area contributed by atoms with Gasteiger partial charge in [-0.25, -0.2) is 0 Å². The number of nitrogens with two attached hydrogens (primary N) is 1. The van der Waals surface area contributed by atoms with E-state index in [1.165, 1.54) is 4.88 Å². The zero-order chi connectivity index (χ0) is 13.1. The lowest BCUT2D eigenvalue weighted by atomic mass is 10.1. The van der Waals surface area contributed by atoms with Gasteiger partial charge in [0.25, 0.3) is 0 Å². The quantitative estimate of drug-likeness (QED) is 0.807. The summed E-state index contributed by atoms with van der Waals surface area (Å²) in [6.45, 7) is 2.52. The second-order valence-corrected chi connectivity index (χ2v) is 7.43. The van der Waals surface area contributed by atoms with Crippen molar-refractivity contribution in [3.63, 3.8) is 0 Å². The van der Waals surface area contributed by atoms with E-state index >= 15 is 0 Å². The van der Waals surface area contributed by atoms with Crippen LogP contribution < -0.4 is 10.5 Å². The average Bonchev–Trinajstić information content (AvgIpc) is 2.72. The smallest absolute Gasteiger partial charge is 0.125 e. The molecule has 2 nitrogen and oxygen atoms in total. The standard InChI is InChI=1S/C13H13Br2NOS/c1-8(16)11-4-2-9(14)6-12(11)17-7-10-3-5-13(15)18-10/h2-6,8H,7,16H2,1H3/t8-/m0/s1. The van der Waals surface area contributed by atoms with Crippen LogP contribution in [-0.4, -0.2) is 0 Å². The molecule has 1 atom stereocenters. The first kappa shape index (κ1) is 14.1. The molecule has 5 heteroatoms. The summed E-state index contributed by atoms with van der Waals surface area (Å²) < 4.78 is 7.97. The third-order valence-electron chi connectivity index (χ3n) is 2.46. The van der Waals surface area contributed by atoms with Crippen LogP contribution in [0.2, 0.25) is 0 Å². The van der Waals surface area contributed by atoms with Crippen LogP contribution >= 0.6 is 43.2 Å². The van der Waals surface area contributed by atoms with Crippen molar-refractivity contribution in [2.45, 2.75) is 19.6 Å². The van der Waals surface area contributed by atoms with Gasteiger partial charge < -0.3 is 10.5 Å². The highest BCUT2D eigenvalue weighted by Crippen LogP contribution is 2.29. The van der Waals surface area contributed by atoms with Gasteiger partial charge in [0.1, 0.15) is 12.4 Å². The maximum absolute atomic E-state index is 5.94. The normalized spacial score (nSPS) is 12.4. The summed E-state index contributed by atoms with van der Waals surface area (Å²) in [5.41, 5.74) is 6.96. The van der Waals surface area contributed by atoms with Crippen molar-refractivity contribution < 1.29 is 4.74 Å². The molecule has 0 radical (unpaired) electrons. The fourth-order valence-corrected chi connectivity index (χ4v) is 3.32. The van der Waals surface area contributed by atoms with E-state index in [0.29, 0.717) is 6.61 Å². The molecular weight excluding hydrogens is 378 g/mol. The largest absolute Gasteiger partial charge is 0.488 e. The highest BCUT2D eigenvalue weighted by Gasteiger charge is 2.09. The lowest BCUT2D eigenvalue weighted by Gasteiger charge is -2.14. The minimum Gasteiger partial charge on any atom is -0.488 e.